The van der Waals surface area contributed by atoms with Crippen LogP contribution in [0.15, 0.2) is 181 Å². The number of aliphatic imine (C=N–C) groups is 1. The number of rotatable bonds is 4. The fourth-order valence-electron chi connectivity index (χ4n) is 9.94. The van der Waals surface area contributed by atoms with Gasteiger partial charge in [0.25, 0.3) is 0 Å². The molecule has 0 amide bonds. The number of aromatic nitrogens is 2. The Labute approximate surface area is 331 Å². The zero-order valence-corrected chi connectivity index (χ0v) is 31.5. The standard InChI is InChI=1S/C53H38N4/c1-33-15-13-24-39-38-30-29-35(32-48(38)57-47-28-12-10-26-45(47)55-53(57)49(33)39)51-42-22-7-5-20-40(42)50(41-21-6-8-23-43(41)51)34-16-14-17-36(31-34)52-54-44-25-9-11-27-46(44)56(52)37-18-3-2-4-19-37/h2-14,16-33,44,46H,15H2,1H3/t33-,44?,46?/m1/s1. The summed E-state index contributed by atoms with van der Waals surface area (Å²) < 4.78 is 2.42. The molecule has 3 heterocycles. The highest BCUT2D eigenvalue weighted by atomic mass is 15.3. The largest absolute Gasteiger partial charge is 0.317 e. The first-order valence-corrected chi connectivity index (χ1v) is 20.1. The molecule has 57 heavy (non-hydrogen) atoms. The minimum absolute atomic E-state index is 0.0724. The Hall–Kier alpha value is -7.04. The van der Waals surface area contributed by atoms with Gasteiger partial charge in [0.2, 0.25) is 0 Å². The lowest BCUT2D eigenvalue weighted by atomic mass is 9.84. The van der Waals surface area contributed by atoms with Gasteiger partial charge in [-0.2, -0.15) is 0 Å². The first-order chi connectivity index (χ1) is 28.2. The van der Waals surface area contributed by atoms with E-state index >= 15 is 0 Å². The summed E-state index contributed by atoms with van der Waals surface area (Å²) in [4.78, 5) is 13.0. The number of anilines is 1. The highest BCUT2D eigenvalue weighted by Gasteiger charge is 2.36. The topological polar surface area (TPSA) is 32.9 Å². The van der Waals surface area contributed by atoms with Crippen molar-refractivity contribution in [3.8, 4) is 22.3 Å². The molecule has 3 atom stereocenters. The normalized spacial score (nSPS) is 18.6. The maximum Gasteiger partial charge on any atom is 0.142 e. The molecular weight excluding hydrogens is 693 g/mol. The number of hydrogen-bond acceptors (Lipinski definition) is 3. The van der Waals surface area contributed by atoms with Crippen LogP contribution in [-0.4, -0.2) is 27.3 Å². The van der Waals surface area contributed by atoms with Gasteiger partial charge in [-0.05, 0) is 98.1 Å². The third-order valence-corrected chi connectivity index (χ3v) is 12.4. The van der Waals surface area contributed by atoms with Crippen LogP contribution in [0, 0.1) is 0 Å². The molecule has 2 aliphatic carbocycles. The number of para-hydroxylation sites is 3. The Morgan fingerprint density at radius 3 is 2.02 bits per heavy atom. The fraction of sp³-hybridized carbons (Fsp3) is 0.0943. The molecule has 2 aromatic heterocycles. The lowest BCUT2D eigenvalue weighted by Gasteiger charge is -2.29. The van der Waals surface area contributed by atoms with E-state index in [1.54, 1.807) is 0 Å². The second kappa shape index (κ2) is 12.5. The van der Waals surface area contributed by atoms with E-state index in [-0.39, 0.29) is 12.1 Å². The molecule has 0 saturated carbocycles. The predicted octanol–water partition coefficient (Wildman–Crippen LogP) is 12.9. The molecule has 4 heteroatoms. The van der Waals surface area contributed by atoms with E-state index in [1.165, 1.54) is 65.8 Å². The molecule has 0 N–H and O–H groups in total. The van der Waals surface area contributed by atoms with E-state index in [9.17, 15) is 0 Å². The van der Waals surface area contributed by atoms with E-state index in [4.69, 9.17) is 9.98 Å². The van der Waals surface area contributed by atoms with Crippen molar-refractivity contribution in [2.45, 2.75) is 31.3 Å². The minimum atomic E-state index is 0.0724. The van der Waals surface area contributed by atoms with Crippen molar-refractivity contribution < 1.29 is 0 Å². The van der Waals surface area contributed by atoms with Crippen molar-refractivity contribution in [1.82, 2.24) is 9.38 Å². The number of benzene rings is 7. The Balaban J connectivity index is 1.09. The lowest BCUT2D eigenvalue weighted by molar-refractivity contribution is 0.739. The number of allylic oxidation sites excluding steroid dienone is 3. The summed E-state index contributed by atoms with van der Waals surface area (Å²) in [5.74, 6) is 1.40. The zero-order chi connectivity index (χ0) is 37.6. The second-order valence-corrected chi connectivity index (χ2v) is 15.7. The number of amidine groups is 1. The van der Waals surface area contributed by atoms with Crippen LogP contribution < -0.4 is 4.90 Å². The smallest absolute Gasteiger partial charge is 0.142 e. The zero-order valence-electron chi connectivity index (χ0n) is 31.5. The molecule has 270 valence electrons. The lowest BCUT2D eigenvalue weighted by Crippen LogP contribution is -2.39. The van der Waals surface area contributed by atoms with Gasteiger partial charge in [-0.15, -0.1) is 0 Å². The number of nitrogens with zero attached hydrogens (tertiary/aromatic N) is 4. The van der Waals surface area contributed by atoms with Gasteiger partial charge in [0, 0.05) is 22.2 Å². The van der Waals surface area contributed by atoms with Crippen LogP contribution >= 0.6 is 0 Å². The first-order valence-electron chi connectivity index (χ1n) is 20.1. The molecular formula is C53H38N4. The summed E-state index contributed by atoms with van der Waals surface area (Å²) in [5.41, 5.74) is 14.2. The predicted molar refractivity (Wildman–Crippen MR) is 239 cm³/mol. The molecule has 0 saturated heterocycles. The van der Waals surface area contributed by atoms with Gasteiger partial charge in [-0.25, -0.2) is 4.98 Å². The number of hydrogen-bond donors (Lipinski definition) is 0. The maximum atomic E-state index is 5.34. The summed E-state index contributed by atoms with van der Waals surface area (Å²) in [6, 6.07) is 53.5. The fourth-order valence-corrected chi connectivity index (χ4v) is 9.94. The second-order valence-electron chi connectivity index (χ2n) is 15.7. The highest BCUT2D eigenvalue weighted by molar-refractivity contribution is 6.22. The van der Waals surface area contributed by atoms with Gasteiger partial charge in [-0.3, -0.25) is 9.39 Å². The van der Waals surface area contributed by atoms with Crippen molar-refractivity contribution in [1.29, 1.82) is 0 Å². The molecule has 3 aliphatic rings. The number of imidazole rings is 1. The van der Waals surface area contributed by atoms with Gasteiger partial charge in [0.05, 0.1) is 28.6 Å². The molecule has 4 nitrogen and oxygen atoms in total. The average Bonchev–Trinajstić information content (AvgIpc) is 3.85. The molecule has 1 aliphatic heterocycles. The van der Waals surface area contributed by atoms with Crippen LogP contribution in [0.1, 0.15) is 36.0 Å². The van der Waals surface area contributed by atoms with E-state index in [2.05, 4.69) is 198 Å². The molecule has 9 aromatic rings. The highest BCUT2D eigenvalue weighted by Crippen LogP contribution is 2.46. The third kappa shape index (κ3) is 4.80. The summed E-state index contributed by atoms with van der Waals surface area (Å²) in [6.07, 6.45) is 14.4. The van der Waals surface area contributed by atoms with Crippen LogP contribution in [-0.2, 0) is 0 Å². The van der Waals surface area contributed by atoms with Gasteiger partial charge in [0.15, 0.2) is 0 Å². The molecule has 2 unspecified atom stereocenters. The minimum Gasteiger partial charge on any atom is -0.317 e. The summed E-state index contributed by atoms with van der Waals surface area (Å²) >= 11 is 0. The Bertz CT molecular complexity index is 3200. The van der Waals surface area contributed by atoms with E-state index < -0.39 is 0 Å². The molecule has 12 rings (SSSR count). The molecule has 0 fully saturated rings. The molecule has 0 spiro atoms. The van der Waals surface area contributed by atoms with Crippen LogP contribution in [0.3, 0.4) is 0 Å². The van der Waals surface area contributed by atoms with Crippen molar-refractivity contribution in [2.75, 3.05) is 4.90 Å². The number of pyridine rings is 1. The van der Waals surface area contributed by atoms with E-state index in [0.29, 0.717) is 5.92 Å². The maximum absolute atomic E-state index is 5.34. The van der Waals surface area contributed by atoms with Gasteiger partial charge in [-0.1, -0.05) is 153 Å². The Morgan fingerprint density at radius 1 is 0.579 bits per heavy atom. The van der Waals surface area contributed by atoms with Crippen molar-refractivity contribution in [3.63, 3.8) is 0 Å². The average molecular weight is 731 g/mol. The quantitative estimate of drug-likeness (QED) is 0.169. The van der Waals surface area contributed by atoms with E-state index in [0.717, 1.165) is 40.2 Å². The van der Waals surface area contributed by atoms with E-state index in [1.807, 2.05) is 0 Å². The Kier molecular flexibility index (Phi) is 7.06. The first kappa shape index (κ1) is 32.2. The monoisotopic (exact) mass is 730 g/mol. The van der Waals surface area contributed by atoms with Crippen LogP contribution in [0.4, 0.5) is 5.69 Å². The molecule has 0 radical (unpaired) electrons. The summed E-state index contributed by atoms with van der Waals surface area (Å²) in [7, 11) is 0. The van der Waals surface area contributed by atoms with Gasteiger partial charge < -0.3 is 4.90 Å². The van der Waals surface area contributed by atoms with Crippen molar-refractivity contribution in [2.24, 2.45) is 4.99 Å². The SMILES string of the molecule is C[C@@H]1CC=Cc2c1c1nc3ccccc3n1c1cc(-c3c4ccccc4c(-c4cccc(C5=NC6C=CC=CC6N5c5ccccc5)c4)c4ccccc34)ccc21. The third-order valence-electron chi connectivity index (χ3n) is 12.4. The van der Waals surface area contributed by atoms with Crippen LogP contribution in [0.25, 0.3) is 77.5 Å². The Morgan fingerprint density at radius 2 is 1.25 bits per heavy atom. The van der Waals surface area contributed by atoms with Crippen molar-refractivity contribution >= 4 is 66.7 Å². The number of fused-ring (bicyclic) bond motifs is 11. The van der Waals surface area contributed by atoms with Crippen LogP contribution in [0.2, 0.25) is 0 Å². The summed E-state index contributed by atoms with van der Waals surface area (Å²) in [5, 5.41) is 6.20. The van der Waals surface area contributed by atoms with Gasteiger partial charge >= 0.3 is 0 Å². The van der Waals surface area contributed by atoms with Crippen LogP contribution in [0.5, 0.6) is 0 Å². The molecule has 0 bridgehead atoms. The van der Waals surface area contributed by atoms with Gasteiger partial charge in [0.1, 0.15) is 11.5 Å². The van der Waals surface area contributed by atoms with Crippen molar-refractivity contribution in [3.05, 3.63) is 193 Å². The molecule has 7 aromatic carbocycles. The summed E-state index contributed by atoms with van der Waals surface area (Å²) in [6.45, 7) is 2.33.